The molecule has 1 spiro atoms. The summed E-state index contributed by atoms with van der Waals surface area (Å²) in [6.45, 7) is 1.91. The number of rotatable bonds is 5. The van der Waals surface area contributed by atoms with Crippen molar-refractivity contribution < 1.29 is 19.0 Å². The van der Waals surface area contributed by atoms with Crippen LogP contribution in [0.3, 0.4) is 0 Å². The van der Waals surface area contributed by atoms with Gasteiger partial charge in [0.15, 0.2) is 6.29 Å². The van der Waals surface area contributed by atoms with Gasteiger partial charge in [-0.1, -0.05) is 30.3 Å². The minimum atomic E-state index is -0.204. The van der Waals surface area contributed by atoms with Crippen LogP contribution in [0.15, 0.2) is 30.3 Å². The van der Waals surface area contributed by atoms with Gasteiger partial charge in [-0.2, -0.15) is 0 Å². The van der Waals surface area contributed by atoms with Crippen LogP contribution in [0.1, 0.15) is 24.8 Å². The second kappa shape index (κ2) is 6.89. The Kier molecular flexibility index (Phi) is 4.87. The molecule has 2 fully saturated rings. The number of nitrogens with zero attached hydrogens (tertiary/aromatic N) is 1. The van der Waals surface area contributed by atoms with Gasteiger partial charge in [0, 0.05) is 33.2 Å². The van der Waals surface area contributed by atoms with Crippen molar-refractivity contribution in [3.05, 3.63) is 35.9 Å². The van der Waals surface area contributed by atoms with Gasteiger partial charge in [-0.15, -0.1) is 0 Å². The third-order valence-electron chi connectivity index (χ3n) is 5.14. The standard InChI is InChI=1S/C18H25NO4/c1-21-16(22-2)15-10-18(11-15)8-9-19(13-18)17(20)23-12-14-6-4-3-5-7-14/h3-7,15-16H,8-13H2,1-2H3. The highest BCUT2D eigenvalue weighted by molar-refractivity contribution is 5.68. The minimum absolute atomic E-state index is 0.125. The van der Waals surface area contributed by atoms with Gasteiger partial charge in [-0.25, -0.2) is 4.79 Å². The quantitative estimate of drug-likeness (QED) is 0.783. The molecule has 5 heteroatoms. The van der Waals surface area contributed by atoms with E-state index in [1.807, 2.05) is 35.2 Å². The topological polar surface area (TPSA) is 48.0 Å². The number of carbonyl (C=O) groups excluding carboxylic acids is 1. The van der Waals surface area contributed by atoms with E-state index in [1.165, 1.54) is 0 Å². The molecule has 23 heavy (non-hydrogen) atoms. The van der Waals surface area contributed by atoms with E-state index in [9.17, 15) is 4.79 Å². The summed E-state index contributed by atoms with van der Waals surface area (Å²) in [5.74, 6) is 0.435. The summed E-state index contributed by atoms with van der Waals surface area (Å²) in [4.78, 5) is 14.1. The first kappa shape index (κ1) is 16.3. The van der Waals surface area contributed by atoms with Gasteiger partial charge in [0.1, 0.15) is 6.61 Å². The van der Waals surface area contributed by atoms with Crippen LogP contribution in [0.4, 0.5) is 4.79 Å². The average molecular weight is 319 g/mol. The van der Waals surface area contributed by atoms with Crippen molar-refractivity contribution in [2.45, 2.75) is 32.2 Å². The monoisotopic (exact) mass is 319 g/mol. The van der Waals surface area contributed by atoms with Crippen LogP contribution in [0, 0.1) is 11.3 Å². The van der Waals surface area contributed by atoms with Gasteiger partial charge < -0.3 is 19.1 Å². The van der Waals surface area contributed by atoms with E-state index in [4.69, 9.17) is 14.2 Å². The molecule has 1 heterocycles. The van der Waals surface area contributed by atoms with E-state index in [0.717, 1.165) is 37.9 Å². The van der Waals surface area contributed by atoms with Crippen molar-refractivity contribution in [3.8, 4) is 0 Å². The fraction of sp³-hybridized carbons (Fsp3) is 0.611. The van der Waals surface area contributed by atoms with E-state index < -0.39 is 0 Å². The number of methoxy groups -OCH3 is 2. The lowest BCUT2D eigenvalue weighted by atomic mass is 9.61. The van der Waals surface area contributed by atoms with Crippen molar-refractivity contribution in [3.63, 3.8) is 0 Å². The van der Waals surface area contributed by atoms with E-state index in [1.54, 1.807) is 14.2 Å². The molecule has 1 aromatic carbocycles. The Morgan fingerprint density at radius 2 is 1.96 bits per heavy atom. The molecule has 5 nitrogen and oxygen atoms in total. The molecule has 1 amide bonds. The Hall–Kier alpha value is -1.59. The molecule has 0 bridgehead atoms. The predicted molar refractivity (Wildman–Crippen MR) is 85.8 cm³/mol. The van der Waals surface area contributed by atoms with Gasteiger partial charge in [0.05, 0.1) is 0 Å². The highest BCUT2D eigenvalue weighted by atomic mass is 16.7. The predicted octanol–water partition coefficient (Wildman–Crippen LogP) is 3.04. The van der Waals surface area contributed by atoms with E-state index >= 15 is 0 Å². The van der Waals surface area contributed by atoms with Gasteiger partial charge in [0.25, 0.3) is 0 Å². The maximum Gasteiger partial charge on any atom is 0.410 e. The maximum atomic E-state index is 12.2. The number of hydrogen-bond donors (Lipinski definition) is 0. The molecule has 1 aromatic rings. The van der Waals surface area contributed by atoms with Gasteiger partial charge >= 0.3 is 6.09 Å². The first-order valence-electron chi connectivity index (χ1n) is 8.17. The van der Waals surface area contributed by atoms with Crippen LogP contribution in [-0.4, -0.2) is 44.6 Å². The molecular weight excluding hydrogens is 294 g/mol. The lowest BCUT2D eigenvalue weighted by Crippen LogP contribution is -2.46. The Morgan fingerprint density at radius 1 is 1.26 bits per heavy atom. The molecular formula is C18H25NO4. The fourth-order valence-electron chi connectivity index (χ4n) is 3.96. The average Bonchev–Trinajstić information content (AvgIpc) is 3.00. The number of benzene rings is 1. The molecule has 1 saturated heterocycles. The first-order chi connectivity index (χ1) is 11.2. The van der Waals surface area contributed by atoms with Gasteiger partial charge in [0.2, 0.25) is 0 Å². The third-order valence-corrected chi connectivity index (χ3v) is 5.14. The summed E-state index contributed by atoms with van der Waals surface area (Å²) in [6, 6.07) is 9.78. The first-order valence-corrected chi connectivity index (χ1v) is 8.17. The fourth-order valence-corrected chi connectivity index (χ4v) is 3.96. The Morgan fingerprint density at radius 3 is 2.61 bits per heavy atom. The molecule has 0 unspecified atom stereocenters. The zero-order valence-electron chi connectivity index (χ0n) is 13.9. The van der Waals surface area contributed by atoms with Gasteiger partial charge in [-0.3, -0.25) is 0 Å². The minimum Gasteiger partial charge on any atom is -0.445 e. The summed E-state index contributed by atoms with van der Waals surface area (Å²) in [6.07, 6.45) is 2.83. The third kappa shape index (κ3) is 3.51. The lowest BCUT2D eigenvalue weighted by molar-refractivity contribution is -0.178. The normalized spacial score (nSPS) is 26.6. The van der Waals surface area contributed by atoms with Gasteiger partial charge in [-0.05, 0) is 30.2 Å². The maximum absolute atomic E-state index is 12.2. The van der Waals surface area contributed by atoms with Crippen LogP contribution in [0.25, 0.3) is 0 Å². The molecule has 1 saturated carbocycles. The Balaban J connectivity index is 1.46. The molecule has 126 valence electrons. The summed E-state index contributed by atoms with van der Waals surface area (Å²) in [5, 5.41) is 0. The zero-order valence-corrected chi connectivity index (χ0v) is 13.9. The molecule has 0 radical (unpaired) electrons. The van der Waals surface area contributed by atoms with E-state index in [0.29, 0.717) is 12.5 Å². The molecule has 3 rings (SSSR count). The van der Waals surface area contributed by atoms with E-state index in [-0.39, 0.29) is 17.8 Å². The van der Waals surface area contributed by atoms with Crippen molar-refractivity contribution in [1.82, 2.24) is 4.90 Å². The largest absolute Gasteiger partial charge is 0.445 e. The summed E-state index contributed by atoms with van der Waals surface area (Å²) < 4.78 is 16.1. The molecule has 1 aliphatic heterocycles. The smallest absolute Gasteiger partial charge is 0.410 e. The van der Waals surface area contributed by atoms with Crippen LogP contribution in [0.2, 0.25) is 0 Å². The molecule has 0 atom stereocenters. The zero-order chi connectivity index (χ0) is 16.3. The van der Waals surface area contributed by atoms with Crippen molar-refractivity contribution >= 4 is 6.09 Å². The number of ether oxygens (including phenoxy) is 3. The number of hydrogen-bond acceptors (Lipinski definition) is 4. The van der Waals surface area contributed by atoms with Crippen LogP contribution in [0.5, 0.6) is 0 Å². The number of amides is 1. The van der Waals surface area contributed by atoms with Crippen molar-refractivity contribution in [2.75, 3.05) is 27.3 Å². The Labute approximate surface area is 137 Å². The molecule has 1 aliphatic carbocycles. The molecule has 0 aromatic heterocycles. The SMILES string of the molecule is COC(OC)C1CC2(CCN(C(=O)OCc3ccccc3)C2)C1. The summed E-state index contributed by atoms with van der Waals surface area (Å²) in [7, 11) is 3.36. The van der Waals surface area contributed by atoms with Crippen molar-refractivity contribution in [1.29, 1.82) is 0 Å². The second-order valence-electron chi connectivity index (χ2n) is 6.72. The Bertz CT molecular complexity index is 523. The highest BCUT2D eigenvalue weighted by Crippen LogP contribution is 2.53. The lowest BCUT2D eigenvalue weighted by Gasteiger charge is -2.47. The molecule has 0 N–H and O–H groups in total. The van der Waals surface area contributed by atoms with Crippen LogP contribution < -0.4 is 0 Å². The highest BCUT2D eigenvalue weighted by Gasteiger charge is 2.52. The van der Waals surface area contributed by atoms with Crippen molar-refractivity contribution in [2.24, 2.45) is 11.3 Å². The second-order valence-corrected chi connectivity index (χ2v) is 6.72. The van der Waals surface area contributed by atoms with Crippen LogP contribution >= 0.6 is 0 Å². The van der Waals surface area contributed by atoms with Crippen LogP contribution in [-0.2, 0) is 20.8 Å². The van der Waals surface area contributed by atoms with E-state index in [2.05, 4.69) is 0 Å². The number of carbonyl (C=O) groups is 1. The summed E-state index contributed by atoms with van der Waals surface area (Å²) in [5.41, 5.74) is 1.26. The summed E-state index contributed by atoms with van der Waals surface area (Å²) >= 11 is 0. The molecule has 2 aliphatic rings. The number of likely N-dealkylation sites (tertiary alicyclic amines) is 1.